The number of non-ortho nitro benzene ring substituents is 3. The molecule has 0 aliphatic rings. The lowest BCUT2D eigenvalue weighted by molar-refractivity contribution is -0.385. The maximum atomic E-state index is 12.3. The van der Waals surface area contributed by atoms with Crippen LogP contribution in [0.3, 0.4) is 0 Å². The Morgan fingerprint density at radius 2 is 0.810 bits per heavy atom. The molecule has 0 fully saturated rings. The Balaban J connectivity index is 1.59. The van der Waals surface area contributed by atoms with E-state index in [2.05, 4.69) is 0 Å². The molecule has 0 atom stereocenters. The number of nitrogens with zero attached hydrogens (tertiary/aromatic N) is 3. The normalized spacial score (nSPS) is 10.2. The van der Waals surface area contributed by atoms with Crippen molar-refractivity contribution >= 4 is 35.5 Å². The largest absolute Gasteiger partial charge is 0.514 e. The van der Waals surface area contributed by atoms with Crippen LogP contribution in [-0.2, 0) is 14.2 Å². The highest BCUT2D eigenvalue weighted by Gasteiger charge is 2.23. The highest BCUT2D eigenvalue weighted by molar-refractivity contribution is 5.66. The second-order valence-electron chi connectivity index (χ2n) is 7.67. The van der Waals surface area contributed by atoms with Crippen molar-refractivity contribution in [3.63, 3.8) is 0 Å². The Kier molecular flexibility index (Phi) is 10.2. The molecule has 3 aromatic carbocycles. The zero-order chi connectivity index (χ0) is 30.6. The van der Waals surface area contributed by atoms with Gasteiger partial charge >= 0.3 is 18.5 Å². The summed E-state index contributed by atoms with van der Waals surface area (Å²) in [6.07, 6.45) is -5.48. The van der Waals surface area contributed by atoms with Crippen LogP contribution >= 0.6 is 0 Å². The molecule has 18 nitrogen and oxygen atoms in total. The Hall–Kier alpha value is -6.33. The molecule has 0 aromatic heterocycles. The molecule has 0 spiro atoms. The van der Waals surface area contributed by atoms with Gasteiger partial charge in [0.25, 0.3) is 17.1 Å². The molecule has 218 valence electrons. The molecule has 0 aliphatic heterocycles. The van der Waals surface area contributed by atoms with Crippen molar-refractivity contribution in [3.8, 4) is 17.2 Å². The number of benzene rings is 3. The van der Waals surface area contributed by atoms with E-state index in [1.807, 2.05) is 0 Å². The standard InChI is InChI=1S/C24H17N3O15/c28-22(39-18-7-1-15(2-8-18)25(31)32)37-13-21(42-24(30)41-20-11-5-17(6-12-20)27(35)36)14-38-23(29)40-19-9-3-16(4-10-19)26(33)34/h1-12,21H,13-14H2. The number of nitro groups is 3. The van der Waals surface area contributed by atoms with E-state index in [0.717, 1.165) is 72.8 Å². The van der Waals surface area contributed by atoms with Gasteiger partial charge in [0, 0.05) is 36.4 Å². The minimum absolute atomic E-state index is 0.108. The van der Waals surface area contributed by atoms with Crippen LogP contribution in [0.1, 0.15) is 0 Å². The maximum absolute atomic E-state index is 12.3. The summed E-state index contributed by atoms with van der Waals surface area (Å²) >= 11 is 0. The summed E-state index contributed by atoms with van der Waals surface area (Å²) in [5, 5.41) is 32.2. The van der Waals surface area contributed by atoms with Gasteiger partial charge in [0.1, 0.15) is 30.5 Å². The molecule has 0 unspecified atom stereocenters. The Morgan fingerprint density at radius 3 is 1.10 bits per heavy atom. The van der Waals surface area contributed by atoms with Crippen molar-refractivity contribution in [2.24, 2.45) is 0 Å². The molecule has 42 heavy (non-hydrogen) atoms. The van der Waals surface area contributed by atoms with Gasteiger partial charge in [-0.1, -0.05) is 0 Å². The zero-order valence-corrected chi connectivity index (χ0v) is 20.9. The first-order chi connectivity index (χ1) is 20.0. The Bertz CT molecular complexity index is 1380. The fraction of sp³-hybridized carbons (Fsp3) is 0.125. The zero-order valence-electron chi connectivity index (χ0n) is 20.9. The van der Waals surface area contributed by atoms with Crippen molar-refractivity contribution < 1.29 is 57.6 Å². The molecule has 3 aromatic rings. The van der Waals surface area contributed by atoms with Crippen LogP contribution in [0.25, 0.3) is 0 Å². The highest BCUT2D eigenvalue weighted by atomic mass is 16.8. The molecule has 0 saturated carbocycles. The fourth-order valence-corrected chi connectivity index (χ4v) is 2.85. The predicted molar refractivity (Wildman–Crippen MR) is 134 cm³/mol. The van der Waals surface area contributed by atoms with Crippen LogP contribution in [-0.4, -0.2) is 52.6 Å². The van der Waals surface area contributed by atoms with E-state index >= 15 is 0 Å². The molecule has 0 heterocycles. The number of carbonyl (C=O) groups excluding carboxylic acids is 3. The molecule has 0 N–H and O–H groups in total. The minimum atomic E-state index is -1.50. The summed E-state index contributed by atoms with van der Waals surface area (Å²) in [6, 6.07) is 13.2. The number of nitro benzene ring substituents is 3. The SMILES string of the molecule is O=C(OCC(COC(=O)Oc1ccc([N+](=O)[O-])cc1)OC(=O)Oc1ccc([N+](=O)[O-])cc1)Oc1ccc([N+](=O)[O-])cc1. The Morgan fingerprint density at radius 1 is 0.524 bits per heavy atom. The van der Waals surface area contributed by atoms with Crippen molar-refractivity contribution in [1.82, 2.24) is 0 Å². The fourth-order valence-electron chi connectivity index (χ4n) is 2.85. The second-order valence-corrected chi connectivity index (χ2v) is 7.67. The third-order valence-electron chi connectivity index (χ3n) is 4.78. The van der Waals surface area contributed by atoms with Crippen molar-refractivity contribution in [2.75, 3.05) is 13.2 Å². The molecule has 0 amide bonds. The maximum Gasteiger partial charge on any atom is 0.514 e. The van der Waals surface area contributed by atoms with E-state index in [1.54, 1.807) is 0 Å². The van der Waals surface area contributed by atoms with E-state index in [-0.39, 0.29) is 34.3 Å². The third-order valence-corrected chi connectivity index (χ3v) is 4.78. The summed E-state index contributed by atoms with van der Waals surface area (Å²) in [5.41, 5.74) is -0.782. The molecule has 0 saturated heterocycles. The van der Waals surface area contributed by atoms with E-state index in [1.165, 1.54) is 0 Å². The van der Waals surface area contributed by atoms with E-state index in [4.69, 9.17) is 28.4 Å². The molecule has 0 aliphatic carbocycles. The quantitative estimate of drug-likeness (QED) is 0.0969. The topological polar surface area (TPSA) is 236 Å². The number of hydrogen-bond acceptors (Lipinski definition) is 15. The molecule has 0 radical (unpaired) electrons. The third kappa shape index (κ3) is 9.45. The average Bonchev–Trinajstić information content (AvgIpc) is 2.95. The van der Waals surface area contributed by atoms with E-state index in [9.17, 15) is 44.7 Å². The first-order valence-corrected chi connectivity index (χ1v) is 11.3. The van der Waals surface area contributed by atoms with Gasteiger partial charge in [0.15, 0.2) is 6.10 Å². The van der Waals surface area contributed by atoms with Crippen LogP contribution < -0.4 is 14.2 Å². The smallest absolute Gasteiger partial charge is 0.430 e. The number of carbonyl (C=O) groups is 3. The monoisotopic (exact) mass is 587 g/mol. The summed E-state index contributed by atoms with van der Waals surface area (Å²) in [4.78, 5) is 66.6. The van der Waals surface area contributed by atoms with Gasteiger partial charge in [-0.3, -0.25) is 30.3 Å². The van der Waals surface area contributed by atoms with Crippen molar-refractivity contribution in [3.05, 3.63) is 103 Å². The summed E-state index contributed by atoms with van der Waals surface area (Å²) in [6.45, 7) is -1.49. The predicted octanol–water partition coefficient (Wildman–Crippen LogP) is 4.73. The summed E-state index contributed by atoms with van der Waals surface area (Å²) in [5.74, 6) is -0.353. The molecular formula is C24H17N3O15. The van der Waals surface area contributed by atoms with E-state index in [0.29, 0.717) is 0 Å². The lowest BCUT2D eigenvalue weighted by Gasteiger charge is -2.17. The van der Waals surface area contributed by atoms with Crippen LogP contribution in [0.5, 0.6) is 17.2 Å². The molecule has 3 rings (SSSR count). The minimum Gasteiger partial charge on any atom is -0.430 e. The summed E-state index contributed by atoms with van der Waals surface area (Å²) in [7, 11) is 0. The Labute approximate surface area is 233 Å². The average molecular weight is 587 g/mol. The van der Waals surface area contributed by atoms with Gasteiger partial charge in [-0.15, -0.1) is 0 Å². The summed E-state index contributed by atoms with van der Waals surface area (Å²) < 4.78 is 29.4. The van der Waals surface area contributed by atoms with Gasteiger partial charge < -0.3 is 28.4 Å². The molecular weight excluding hydrogens is 570 g/mol. The van der Waals surface area contributed by atoms with Gasteiger partial charge in [0.2, 0.25) is 0 Å². The van der Waals surface area contributed by atoms with Crippen molar-refractivity contribution in [1.29, 1.82) is 0 Å². The van der Waals surface area contributed by atoms with Crippen LogP contribution in [0.4, 0.5) is 31.4 Å². The lowest BCUT2D eigenvalue weighted by atomic mass is 10.3. The first-order valence-electron chi connectivity index (χ1n) is 11.3. The van der Waals surface area contributed by atoms with Crippen LogP contribution in [0, 0.1) is 30.3 Å². The van der Waals surface area contributed by atoms with Crippen molar-refractivity contribution in [2.45, 2.75) is 6.10 Å². The highest BCUT2D eigenvalue weighted by Crippen LogP contribution is 2.20. The van der Waals surface area contributed by atoms with E-state index < -0.39 is 52.6 Å². The lowest BCUT2D eigenvalue weighted by Crippen LogP contribution is -2.32. The van der Waals surface area contributed by atoms with Crippen LogP contribution in [0.15, 0.2) is 72.8 Å². The molecule has 0 bridgehead atoms. The van der Waals surface area contributed by atoms with Gasteiger partial charge in [-0.25, -0.2) is 14.4 Å². The number of rotatable bonds is 11. The molecule has 18 heteroatoms. The van der Waals surface area contributed by atoms with Gasteiger partial charge in [-0.2, -0.15) is 0 Å². The van der Waals surface area contributed by atoms with Crippen LogP contribution in [0.2, 0.25) is 0 Å². The van der Waals surface area contributed by atoms with Gasteiger partial charge in [0.05, 0.1) is 14.8 Å². The number of ether oxygens (including phenoxy) is 6. The van der Waals surface area contributed by atoms with Gasteiger partial charge in [-0.05, 0) is 36.4 Å². The second kappa shape index (κ2) is 14.2. The number of hydrogen-bond donors (Lipinski definition) is 0. The first kappa shape index (κ1) is 30.2.